The lowest BCUT2D eigenvalue weighted by Crippen LogP contribution is -2.44. The molecule has 2 aromatic rings. The Kier molecular flexibility index (Phi) is 4.79. The summed E-state index contributed by atoms with van der Waals surface area (Å²) >= 11 is 0. The summed E-state index contributed by atoms with van der Waals surface area (Å²) in [5.41, 5.74) is 2.50. The normalized spacial score (nSPS) is 18.4. The van der Waals surface area contributed by atoms with Crippen molar-refractivity contribution in [3.63, 3.8) is 0 Å². The lowest BCUT2D eigenvalue weighted by molar-refractivity contribution is 0.226. The molecule has 4 heteroatoms. The van der Waals surface area contributed by atoms with Crippen LogP contribution in [0.5, 0.6) is 0 Å². The van der Waals surface area contributed by atoms with Crippen molar-refractivity contribution in [3.8, 4) is 0 Å². The van der Waals surface area contributed by atoms with Gasteiger partial charge in [0.15, 0.2) is 0 Å². The molecule has 1 fully saturated rings. The van der Waals surface area contributed by atoms with E-state index in [1.165, 1.54) is 5.56 Å². The van der Waals surface area contributed by atoms with Crippen molar-refractivity contribution < 1.29 is 8.42 Å². The summed E-state index contributed by atoms with van der Waals surface area (Å²) in [6.07, 6.45) is 2.78. The van der Waals surface area contributed by atoms with Crippen LogP contribution in [-0.2, 0) is 15.4 Å². The minimum Gasteiger partial charge on any atom is -0.207 e. The molecule has 2 aromatic carbocycles. The third-order valence-electron chi connectivity index (χ3n) is 5.40. The van der Waals surface area contributed by atoms with E-state index in [1.807, 2.05) is 25.1 Å². The minimum absolute atomic E-state index is 0.0978. The summed E-state index contributed by atoms with van der Waals surface area (Å²) in [5.74, 6) is 0. The van der Waals surface area contributed by atoms with Crippen LogP contribution in [0, 0.1) is 6.92 Å². The molecule has 0 aliphatic carbocycles. The Balaban J connectivity index is 1.80. The molecule has 0 atom stereocenters. The molecule has 0 bridgehead atoms. The summed E-state index contributed by atoms with van der Waals surface area (Å²) in [6.45, 7) is 5.34. The van der Waals surface area contributed by atoms with Crippen molar-refractivity contribution in [1.29, 1.82) is 0 Å². The van der Waals surface area contributed by atoms with Crippen LogP contribution in [0.3, 0.4) is 0 Å². The van der Waals surface area contributed by atoms with Crippen LogP contribution in [0.1, 0.15) is 37.3 Å². The molecule has 1 heterocycles. The highest BCUT2D eigenvalue weighted by Crippen LogP contribution is 2.39. The van der Waals surface area contributed by atoms with Gasteiger partial charge in [0.1, 0.15) is 0 Å². The van der Waals surface area contributed by atoms with Crippen LogP contribution in [0.25, 0.3) is 0 Å². The fraction of sp³-hybridized carbons (Fsp3) is 0.400. The molecule has 0 aromatic heterocycles. The smallest absolute Gasteiger partial charge is 0.207 e. The van der Waals surface area contributed by atoms with E-state index in [2.05, 4.69) is 31.2 Å². The second-order valence-electron chi connectivity index (χ2n) is 6.72. The molecule has 1 aliphatic heterocycles. The molecule has 0 unspecified atom stereocenters. The van der Waals surface area contributed by atoms with Crippen LogP contribution in [0.4, 0.5) is 0 Å². The van der Waals surface area contributed by atoms with E-state index in [4.69, 9.17) is 0 Å². The zero-order valence-electron chi connectivity index (χ0n) is 14.4. The maximum absolute atomic E-state index is 12.9. The monoisotopic (exact) mass is 343 g/mol. The van der Waals surface area contributed by atoms with Gasteiger partial charge in [-0.3, -0.25) is 0 Å². The first-order valence-electron chi connectivity index (χ1n) is 8.60. The highest BCUT2D eigenvalue weighted by atomic mass is 32.2. The molecule has 128 valence electrons. The van der Waals surface area contributed by atoms with Gasteiger partial charge in [-0.25, -0.2) is 8.42 Å². The highest BCUT2D eigenvalue weighted by Gasteiger charge is 2.38. The lowest BCUT2D eigenvalue weighted by Gasteiger charge is -2.41. The third kappa shape index (κ3) is 3.13. The van der Waals surface area contributed by atoms with E-state index in [9.17, 15) is 8.42 Å². The van der Waals surface area contributed by atoms with Crippen LogP contribution in [-0.4, -0.2) is 25.8 Å². The summed E-state index contributed by atoms with van der Waals surface area (Å²) in [5, 5.41) is 0. The zero-order chi connectivity index (χ0) is 17.2. The molecule has 0 N–H and O–H groups in total. The molecule has 0 spiro atoms. The van der Waals surface area contributed by atoms with E-state index in [1.54, 1.807) is 16.4 Å². The van der Waals surface area contributed by atoms with Crippen LogP contribution in [0.2, 0.25) is 0 Å². The van der Waals surface area contributed by atoms with E-state index in [0.717, 1.165) is 24.8 Å². The standard InChI is InChI=1S/C20H25NO2S/c1-3-20(18-7-5-4-6-8-18)13-15-21(16-14-20)24(22,23)19-11-9-17(2)10-12-19/h4-12H,3,13-16H2,1-2H3. The predicted molar refractivity (Wildman–Crippen MR) is 97.6 cm³/mol. The van der Waals surface area contributed by atoms with Crippen molar-refractivity contribution >= 4 is 10.0 Å². The first-order valence-corrected chi connectivity index (χ1v) is 10.0. The van der Waals surface area contributed by atoms with Crippen molar-refractivity contribution in [2.24, 2.45) is 0 Å². The van der Waals surface area contributed by atoms with E-state index in [0.29, 0.717) is 18.0 Å². The van der Waals surface area contributed by atoms with Gasteiger partial charge in [0, 0.05) is 13.1 Å². The SMILES string of the molecule is CCC1(c2ccccc2)CCN(S(=O)(=O)c2ccc(C)cc2)CC1. The molecular weight excluding hydrogens is 318 g/mol. The fourth-order valence-electron chi connectivity index (χ4n) is 3.65. The molecule has 0 amide bonds. The number of nitrogens with zero attached hydrogens (tertiary/aromatic N) is 1. The first-order chi connectivity index (χ1) is 11.5. The Morgan fingerprint density at radius 3 is 2.08 bits per heavy atom. The number of piperidine rings is 1. The number of rotatable bonds is 4. The minimum atomic E-state index is -3.39. The average Bonchev–Trinajstić information content (AvgIpc) is 2.63. The second kappa shape index (κ2) is 6.69. The van der Waals surface area contributed by atoms with Gasteiger partial charge in [-0.2, -0.15) is 4.31 Å². The number of sulfonamides is 1. The Hall–Kier alpha value is -1.65. The van der Waals surface area contributed by atoms with E-state index >= 15 is 0 Å². The Labute approximate surface area is 145 Å². The topological polar surface area (TPSA) is 37.4 Å². The predicted octanol–water partition coefficient (Wildman–Crippen LogP) is 4.13. The number of hydrogen-bond donors (Lipinski definition) is 0. The van der Waals surface area contributed by atoms with Crippen molar-refractivity contribution in [2.75, 3.05) is 13.1 Å². The van der Waals surface area contributed by atoms with Gasteiger partial charge in [-0.05, 0) is 49.3 Å². The fourth-order valence-corrected chi connectivity index (χ4v) is 5.09. The molecule has 0 radical (unpaired) electrons. The van der Waals surface area contributed by atoms with Crippen molar-refractivity contribution in [3.05, 3.63) is 65.7 Å². The number of aryl methyl sites for hydroxylation is 1. The molecule has 1 saturated heterocycles. The maximum Gasteiger partial charge on any atom is 0.243 e. The summed E-state index contributed by atoms with van der Waals surface area (Å²) in [4.78, 5) is 0.400. The molecule has 24 heavy (non-hydrogen) atoms. The molecular formula is C20H25NO2S. The molecule has 3 rings (SSSR count). The summed E-state index contributed by atoms with van der Waals surface area (Å²) < 4.78 is 27.4. The van der Waals surface area contributed by atoms with Gasteiger partial charge in [0.2, 0.25) is 10.0 Å². The zero-order valence-corrected chi connectivity index (χ0v) is 15.2. The van der Waals surface area contributed by atoms with Crippen LogP contribution >= 0.6 is 0 Å². The van der Waals surface area contributed by atoms with E-state index < -0.39 is 10.0 Å². The quantitative estimate of drug-likeness (QED) is 0.837. The van der Waals surface area contributed by atoms with Crippen molar-refractivity contribution in [2.45, 2.75) is 43.4 Å². The van der Waals surface area contributed by atoms with Gasteiger partial charge >= 0.3 is 0 Å². The van der Waals surface area contributed by atoms with Gasteiger partial charge in [0.25, 0.3) is 0 Å². The number of benzene rings is 2. The third-order valence-corrected chi connectivity index (χ3v) is 7.31. The Morgan fingerprint density at radius 1 is 0.958 bits per heavy atom. The molecule has 1 aliphatic rings. The second-order valence-corrected chi connectivity index (χ2v) is 8.65. The number of hydrogen-bond acceptors (Lipinski definition) is 2. The Morgan fingerprint density at radius 2 is 1.54 bits per heavy atom. The van der Waals surface area contributed by atoms with Gasteiger partial charge in [0.05, 0.1) is 4.90 Å². The molecule has 3 nitrogen and oxygen atoms in total. The van der Waals surface area contributed by atoms with Crippen LogP contribution < -0.4 is 0 Å². The molecule has 0 saturated carbocycles. The lowest BCUT2D eigenvalue weighted by atomic mass is 9.71. The van der Waals surface area contributed by atoms with Crippen LogP contribution in [0.15, 0.2) is 59.5 Å². The van der Waals surface area contributed by atoms with Gasteiger partial charge in [-0.1, -0.05) is 55.0 Å². The maximum atomic E-state index is 12.9. The summed E-state index contributed by atoms with van der Waals surface area (Å²) in [6, 6.07) is 17.7. The van der Waals surface area contributed by atoms with Gasteiger partial charge in [-0.15, -0.1) is 0 Å². The Bertz CT molecular complexity index is 774. The van der Waals surface area contributed by atoms with Gasteiger partial charge < -0.3 is 0 Å². The van der Waals surface area contributed by atoms with Crippen molar-refractivity contribution in [1.82, 2.24) is 4.31 Å². The highest BCUT2D eigenvalue weighted by molar-refractivity contribution is 7.89. The first kappa shape index (κ1) is 17.2. The summed E-state index contributed by atoms with van der Waals surface area (Å²) in [7, 11) is -3.39. The average molecular weight is 343 g/mol. The largest absolute Gasteiger partial charge is 0.243 e. The van der Waals surface area contributed by atoms with E-state index in [-0.39, 0.29) is 5.41 Å².